The quantitative estimate of drug-likeness (QED) is 0.228. The molecule has 0 bridgehead atoms. The van der Waals surface area contributed by atoms with E-state index in [2.05, 4.69) is 22.0 Å². The van der Waals surface area contributed by atoms with E-state index in [4.69, 9.17) is 0 Å². The summed E-state index contributed by atoms with van der Waals surface area (Å²) in [6, 6.07) is 21.6. The first-order valence-electron chi connectivity index (χ1n) is 12.6. The van der Waals surface area contributed by atoms with Crippen LogP contribution in [0.4, 0.5) is 13.2 Å². The summed E-state index contributed by atoms with van der Waals surface area (Å²) >= 11 is 0. The average Bonchev–Trinajstić information content (AvgIpc) is 3.35. The van der Waals surface area contributed by atoms with Gasteiger partial charge in [0, 0.05) is 13.1 Å². The Morgan fingerprint density at radius 1 is 0.838 bits per heavy atom. The average molecular weight is 505 g/mol. The number of halogens is 3. The fourth-order valence-electron chi connectivity index (χ4n) is 5.50. The molecular weight excluding hydrogens is 473 g/mol. The largest absolute Gasteiger partial charge is 0.435 e. The Balaban J connectivity index is 1.77. The first-order valence-corrected chi connectivity index (χ1v) is 12.6. The molecule has 7 heteroatoms. The maximum absolute atomic E-state index is 14.5. The van der Waals surface area contributed by atoms with Crippen LogP contribution in [0.1, 0.15) is 47.0 Å². The molecule has 2 heterocycles. The first kappa shape index (κ1) is 25.1. The minimum Gasteiger partial charge on any atom is -0.293 e. The molecule has 37 heavy (non-hydrogen) atoms. The summed E-state index contributed by atoms with van der Waals surface area (Å²) in [5, 5.41) is 0. The smallest absolute Gasteiger partial charge is 0.293 e. The molecule has 192 valence electrons. The number of imidazole rings is 2. The van der Waals surface area contributed by atoms with Crippen LogP contribution in [0.15, 0.2) is 66.7 Å². The number of alkyl halides is 3. The van der Waals surface area contributed by atoms with Gasteiger partial charge in [-0.15, -0.1) is 0 Å². The lowest BCUT2D eigenvalue weighted by Crippen LogP contribution is -2.26. The van der Waals surface area contributed by atoms with Crippen molar-refractivity contribution in [1.82, 2.24) is 18.9 Å². The van der Waals surface area contributed by atoms with Gasteiger partial charge in [0.15, 0.2) is 5.69 Å². The van der Waals surface area contributed by atoms with Crippen LogP contribution >= 0.6 is 0 Å². The van der Waals surface area contributed by atoms with Gasteiger partial charge in [-0.2, -0.15) is 13.2 Å². The van der Waals surface area contributed by atoms with Gasteiger partial charge in [-0.1, -0.05) is 67.1 Å². The van der Waals surface area contributed by atoms with Crippen molar-refractivity contribution in [3.8, 4) is 5.69 Å². The summed E-state index contributed by atoms with van der Waals surface area (Å²) in [6.07, 6.45) is -3.74. The Kier molecular flexibility index (Phi) is 6.58. The normalized spacial score (nSPS) is 12.3. The SMILES string of the molecule is CCCN(Cc1ccccc1)Cc1c(C(F)(F)F)nc2n(-c3c(C)cc(C)cc3C)c3ccccc3n12. The summed E-state index contributed by atoms with van der Waals surface area (Å²) in [4.78, 5) is 6.37. The molecular formula is C30H31F3N4. The van der Waals surface area contributed by atoms with Gasteiger partial charge in [0.25, 0.3) is 0 Å². The second-order valence-electron chi connectivity index (χ2n) is 9.81. The second-order valence-corrected chi connectivity index (χ2v) is 9.81. The topological polar surface area (TPSA) is 25.5 Å². The lowest BCUT2D eigenvalue weighted by atomic mass is 10.0. The molecule has 5 aromatic rings. The number of rotatable bonds is 7. The molecule has 0 aliphatic carbocycles. The number of nitrogens with zero attached hydrogens (tertiary/aromatic N) is 4. The standard InChI is InChI=1S/C30H31F3N4/c1-5-15-35(18-23-11-7-6-8-12-23)19-26-28(30(31,32)33)34-29-36(26)24-13-9-10-14-25(24)37(29)27-21(3)16-20(2)17-22(27)4/h6-14,16-17H,5,15,18-19H2,1-4H3. The van der Waals surface area contributed by atoms with E-state index in [1.165, 1.54) is 0 Å². The highest BCUT2D eigenvalue weighted by atomic mass is 19.4. The molecule has 0 saturated heterocycles. The Morgan fingerprint density at radius 3 is 2.08 bits per heavy atom. The molecule has 0 aliphatic rings. The third-order valence-electron chi connectivity index (χ3n) is 6.81. The molecule has 3 aromatic carbocycles. The maximum atomic E-state index is 14.5. The van der Waals surface area contributed by atoms with Crippen LogP contribution < -0.4 is 0 Å². The fourth-order valence-corrected chi connectivity index (χ4v) is 5.50. The number of para-hydroxylation sites is 2. The van der Waals surface area contributed by atoms with Crippen LogP contribution in [0.5, 0.6) is 0 Å². The zero-order valence-corrected chi connectivity index (χ0v) is 21.6. The highest BCUT2D eigenvalue weighted by Crippen LogP contribution is 2.37. The highest BCUT2D eigenvalue weighted by Gasteiger charge is 2.39. The zero-order chi connectivity index (χ0) is 26.3. The molecule has 0 radical (unpaired) electrons. The van der Waals surface area contributed by atoms with Crippen molar-refractivity contribution in [1.29, 1.82) is 0 Å². The van der Waals surface area contributed by atoms with E-state index in [1.54, 1.807) is 4.40 Å². The van der Waals surface area contributed by atoms with Crippen molar-refractivity contribution in [2.75, 3.05) is 6.54 Å². The lowest BCUT2D eigenvalue weighted by molar-refractivity contribution is -0.141. The Morgan fingerprint density at radius 2 is 1.46 bits per heavy atom. The van der Waals surface area contributed by atoms with E-state index >= 15 is 0 Å². The number of hydrogen-bond donors (Lipinski definition) is 0. The van der Waals surface area contributed by atoms with E-state index in [1.807, 2.05) is 86.9 Å². The summed E-state index contributed by atoms with van der Waals surface area (Å²) in [5.74, 6) is 0.287. The minimum absolute atomic E-state index is 0.138. The van der Waals surface area contributed by atoms with Crippen molar-refractivity contribution in [3.63, 3.8) is 0 Å². The fraction of sp³-hybridized carbons (Fsp3) is 0.300. The van der Waals surface area contributed by atoms with Gasteiger partial charge in [-0.05, 0) is 62.6 Å². The Hall–Kier alpha value is -3.58. The van der Waals surface area contributed by atoms with Crippen LogP contribution in [0.3, 0.4) is 0 Å². The second kappa shape index (κ2) is 9.71. The van der Waals surface area contributed by atoms with Crippen LogP contribution in [0.25, 0.3) is 22.5 Å². The van der Waals surface area contributed by atoms with Crippen molar-refractivity contribution >= 4 is 16.8 Å². The van der Waals surface area contributed by atoms with Gasteiger partial charge in [0.05, 0.1) is 22.4 Å². The van der Waals surface area contributed by atoms with Crippen LogP contribution in [-0.2, 0) is 19.3 Å². The Labute approximate surface area is 215 Å². The first-order chi connectivity index (χ1) is 17.7. The van der Waals surface area contributed by atoms with E-state index in [0.717, 1.165) is 39.9 Å². The molecule has 0 spiro atoms. The van der Waals surface area contributed by atoms with Gasteiger partial charge in [0.1, 0.15) is 0 Å². The Bertz CT molecular complexity index is 1540. The van der Waals surface area contributed by atoms with E-state index in [-0.39, 0.29) is 18.0 Å². The molecule has 2 aromatic heterocycles. The number of fused-ring (bicyclic) bond motifs is 3. The monoisotopic (exact) mass is 504 g/mol. The summed E-state index contributed by atoms with van der Waals surface area (Å²) in [7, 11) is 0. The zero-order valence-electron chi connectivity index (χ0n) is 21.6. The van der Waals surface area contributed by atoms with Gasteiger partial charge >= 0.3 is 6.18 Å². The predicted octanol–water partition coefficient (Wildman–Crippen LogP) is 7.63. The van der Waals surface area contributed by atoms with E-state index in [9.17, 15) is 13.2 Å². The highest BCUT2D eigenvalue weighted by molar-refractivity contribution is 5.85. The number of aryl methyl sites for hydroxylation is 3. The molecule has 0 unspecified atom stereocenters. The minimum atomic E-state index is -4.57. The molecule has 0 amide bonds. The third kappa shape index (κ3) is 4.64. The molecule has 0 fully saturated rings. The lowest BCUT2D eigenvalue weighted by Gasteiger charge is -2.22. The molecule has 4 nitrogen and oxygen atoms in total. The molecule has 0 saturated carbocycles. The van der Waals surface area contributed by atoms with Crippen LogP contribution in [0, 0.1) is 20.8 Å². The number of benzene rings is 3. The maximum Gasteiger partial charge on any atom is 0.435 e. The summed E-state index contributed by atoms with van der Waals surface area (Å²) in [5.41, 5.74) is 5.94. The predicted molar refractivity (Wildman–Crippen MR) is 142 cm³/mol. The van der Waals surface area contributed by atoms with Crippen molar-refractivity contribution < 1.29 is 13.2 Å². The van der Waals surface area contributed by atoms with Crippen molar-refractivity contribution in [2.24, 2.45) is 0 Å². The van der Waals surface area contributed by atoms with Gasteiger partial charge < -0.3 is 0 Å². The third-order valence-corrected chi connectivity index (χ3v) is 6.81. The molecule has 0 atom stereocenters. The molecule has 5 rings (SSSR count). The molecule has 0 aliphatic heterocycles. The van der Waals surface area contributed by atoms with E-state index in [0.29, 0.717) is 18.6 Å². The summed E-state index contributed by atoms with van der Waals surface area (Å²) in [6.45, 7) is 9.44. The van der Waals surface area contributed by atoms with Gasteiger partial charge in [-0.3, -0.25) is 13.9 Å². The van der Waals surface area contributed by atoms with E-state index < -0.39 is 11.9 Å². The van der Waals surface area contributed by atoms with Crippen molar-refractivity contribution in [3.05, 3.63) is 100 Å². The van der Waals surface area contributed by atoms with Crippen molar-refractivity contribution in [2.45, 2.75) is 53.4 Å². The number of aromatic nitrogens is 3. The number of hydrogen-bond acceptors (Lipinski definition) is 2. The summed E-state index contributed by atoms with van der Waals surface area (Å²) < 4.78 is 47.0. The van der Waals surface area contributed by atoms with Gasteiger partial charge in [-0.25, -0.2) is 4.98 Å². The van der Waals surface area contributed by atoms with Gasteiger partial charge in [0.2, 0.25) is 5.78 Å². The van der Waals surface area contributed by atoms with Crippen LogP contribution in [0.2, 0.25) is 0 Å². The molecule has 0 N–H and O–H groups in total. The van der Waals surface area contributed by atoms with Crippen LogP contribution in [-0.4, -0.2) is 25.4 Å².